The van der Waals surface area contributed by atoms with Crippen molar-refractivity contribution < 1.29 is 39.1 Å². The molecule has 9 heteroatoms. The third-order valence-corrected chi connectivity index (χ3v) is 12.9. The van der Waals surface area contributed by atoms with E-state index in [-0.39, 0.29) is 41.3 Å². The van der Waals surface area contributed by atoms with Crippen LogP contribution in [0.1, 0.15) is 83.8 Å². The molecule has 5 aliphatic carbocycles. The minimum atomic E-state index is -1.01. The zero-order chi connectivity index (χ0) is 30.6. The molecule has 1 saturated heterocycles. The lowest BCUT2D eigenvalue weighted by atomic mass is 9.33. The Hall–Kier alpha value is -1.91. The van der Waals surface area contributed by atoms with Crippen molar-refractivity contribution in [2.75, 3.05) is 33.4 Å². The Labute approximate surface area is 254 Å². The van der Waals surface area contributed by atoms with E-state index in [0.29, 0.717) is 17.5 Å². The molecular weight excluding hydrogens is 550 g/mol. The van der Waals surface area contributed by atoms with Gasteiger partial charge in [0, 0.05) is 48.4 Å². The number of nitrogens with zero attached hydrogens (tertiary/aromatic N) is 1. The van der Waals surface area contributed by atoms with Crippen LogP contribution in [0.5, 0.6) is 11.5 Å². The van der Waals surface area contributed by atoms with Gasteiger partial charge in [0.05, 0.1) is 24.9 Å². The monoisotopic (exact) mass is 599 g/mol. The molecule has 0 unspecified atom stereocenters. The van der Waals surface area contributed by atoms with Gasteiger partial charge >= 0.3 is 6.16 Å². The third-order valence-electron chi connectivity index (χ3n) is 12.9. The molecule has 4 bridgehead atoms. The van der Waals surface area contributed by atoms with Crippen molar-refractivity contribution in [3.05, 3.63) is 23.3 Å². The van der Waals surface area contributed by atoms with Gasteiger partial charge < -0.3 is 34.3 Å². The number of hydrogen-bond acceptors (Lipinski definition) is 9. The van der Waals surface area contributed by atoms with Gasteiger partial charge in [0.25, 0.3) is 0 Å². The zero-order valence-corrected chi connectivity index (χ0v) is 26.4. The van der Waals surface area contributed by atoms with Crippen molar-refractivity contribution in [2.45, 2.75) is 114 Å². The number of methoxy groups -OCH3 is 1. The number of rotatable bonds is 9. The average Bonchev–Trinajstić information content (AvgIpc) is 3.71. The van der Waals surface area contributed by atoms with Crippen molar-refractivity contribution in [3.63, 3.8) is 0 Å². The number of hydrogen-bond donors (Lipinski definition) is 3. The molecule has 9 nitrogen and oxygen atoms in total. The van der Waals surface area contributed by atoms with Gasteiger partial charge in [0.2, 0.25) is 0 Å². The van der Waals surface area contributed by atoms with E-state index in [1.54, 1.807) is 7.11 Å². The lowest BCUT2D eigenvalue weighted by Crippen LogP contribution is -2.83. The van der Waals surface area contributed by atoms with Crippen LogP contribution >= 0.6 is 0 Å². The fourth-order valence-corrected chi connectivity index (χ4v) is 10.1. The minimum Gasteiger partial charge on any atom is -0.482 e. The molecule has 8 rings (SSSR count). The van der Waals surface area contributed by atoms with Crippen LogP contribution in [0.3, 0.4) is 0 Å². The SMILES string of the molecule is CO[C@@]12CC[C@@]3(C[C@@H]1[C@](C)(O)C(C)(C)C)[C@H]1Cc4ccc(OC(=O)OCC[C@H](O)CO)c5c4[C@@]3(CCN1CC1CC1)[C@H]2O5. The van der Waals surface area contributed by atoms with Gasteiger partial charge in [-0.2, -0.15) is 0 Å². The van der Waals surface area contributed by atoms with Crippen LogP contribution in [0.15, 0.2) is 12.1 Å². The average molecular weight is 600 g/mol. The summed E-state index contributed by atoms with van der Waals surface area (Å²) in [7, 11) is 1.78. The highest BCUT2D eigenvalue weighted by atomic mass is 16.7. The van der Waals surface area contributed by atoms with Crippen LogP contribution in [0.4, 0.5) is 4.79 Å². The minimum absolute atomic E-state index is 0.0633. The van der Waals surface area contributed by atoms with Gasteiger partial charge in [-0.15, -0.1) is 0 Å². The second-order valence-electron chi connectivity index (χ2n) is 15.6. The molecular formula is C34H49NO8. The summed E-state index contributed by atoms with van der Waals surface area (Å²) in [5.41, 5.74) is -0.0344. The van der Waals surface area contributed by atoms with E-state index < -0.39 is 30.1 Å². The van der Waals surface area contributed by atoms with Crippen LogP contribution in [-0.4, -0.2) is 89.2 Å². The summed E-state index contributed by atoms with van der Waals surface area (Å²) in [4.78, 5) is 15.5. The van der Waals surface area contributed by atoms with Gasteiger partial charge in [0.15, 0.2) is 11.5 Å². The summed E-state index contributed by atoms with van der Waals surface area (Å²) in [6.07, 6.45) is 5.20. The number of aliphatic hydroxyl groups is 3. The molecule has 43 heavy (non-hydrogen) atoms. The lowest BCUT2D eigenvalue weighted by Gasteiger charge is -2.75. The highest BCUT2D eigenvalue weighted by Gasteiger charge is 2.82. The molecule has 7 aliphatic rings. The molecule has 2 heterocycles. The highest BCUT2D eigenvalue weighted by molar-refractivity contribution is 5.70. The van der Waals surface area contributed by atoms with Crippen molar-refractivity contribution >= 4 is 6.16 Å². The highest BCUT2D eigenvalue weighted by Crippen LogP contribution is 2.78. The van der Waals surface area contributed by atoms with E-state index in [0.717, 1.165) is 51.1 Å². The second kappa shape index (κ2) is 9.79. The number of fused-ring (bicyclic) bond motifs is 2. The zero-order valence-electron chi connectivity index (χ0n) is 26.4. The van der Waals surface area contributed by atoms with Crippen LogP contribution in [0, 0.1) is 22.7 Å². The Morgan fingerprint density at radius 1 is 1.19 bits per heavy atom. The molecule has 0 amide bonds. The summed E-state index contributed by atoms with van der Waals surface area (Å²) in [6, 6.07) is 4.29. The molecule has 238 valence electrons. The third kappa shape index (κ3) is 3.97. The van der Waals surface area contributed by atoms with Gasteiger partial charge in [0.1, 0.15) is 11.7 Å². The molecule has 2 aliphatic heterocycles. The number of aliphatic hydroxyl groups excluding tert-OH is 2. The topological polar surface area (TPSA) is 118 Å². The molecule has 2 spiro atoms. The first kappa shape index (κ1) is 29.8. The molecule has 1 aromatic carbocycles. The van der Waals surface area contributed by atoms with Crippen molar-refractivity contribution in [1.82, 2.24) is 4.90 Å². The fourth-order valence-electron chi connectivity index (χ4n) is 10.1. The van der Waals surface area contributed by atoms with Crippen LogP contribution < -0.4 is 9.47 Å². The maximum atomic E-state index is 12.8. The fraction of sp³-hybridized carbons (Fsp3) is 0.794. The number of ether oxygens (including phenoxy) is 4. The Balaban J connectivity index is 1.33. The lowest BCUT2D eigenvalue weighted by molar-refractivity contribution is -0.312. The number of carbonyl (C=O) groups is 1. The predicted octanol–water partition coefficient (Wildman–Crippen LogP) is 3.97. The molecule has 1 aromatic rings. The summed E-state index contributed by atoms with van der Waals surface area (Å²) < 4.78 is 24.8. The van der Waals surface area contributed by atoms with Gasteiger partial charge in [-0.25, -0.2) is 4.79 Å². The summed E-state index contributed by atoms with van der Waals surface area (Å²) >= 11 is 0. The van der Waals surface area contributed by atoms with E-state index in [1.807, 2.05) is 13.0 Å². The van der Waals surface area contributed by atoms with E-state index in [2.05, 4.69) is 31.7 Å². The number of carbonyl (C=O) groups excluding carboxylic acids is 1. The van der Waals surface area contributed by atoms with Crippen molar-refractivity contribution in [1.29, 1.82) is 0 Å². The summed E-state index contributed by atoms with van der Waals surface area (Å²) in [6.45, 7) is 10.0. The quantitative estimate of drug-likeness (QED) is 0.286. The maximum absolute atomic E-state index is 12.8. The molecule has 4 saturated carbocycles. The Kier molecular flexibility index (Phi) is 6.78. The molecule has 3 N–H and O–H groups in total. The first-order valence-corrected chi connectivity index (χ1v) is 16.3. The first-order chi connectivity index (χ1) is 20.3. The van der Waals surface area contributed by atoms with E-state index in [9.17, 15) is 15.0 Å². The molecule has 5 fully saturated rings. The standard InChI is InChI=1S/C34H49NO8/c1-30(2,3)31(4,39)24-17-32-11-12-34(24,40-5)28-33(32)13-14-35(18-20-6-7-20)25(32)16-21-8-9-23(27(43-28)26(21)33)42-29(38)41-15-10-22(37)19-36/h8-9,20,22,24-25,28,36-37,39H,6-7,10-19H2,1-5H3/t22-,24+,25+,28+,31-,32+,33-,34-/m0/s1. The molecule has 8 atom stereocenters. The predicted molar refractivity (Wildman–Crippen MR) is 158 cm³/mol. The molecule has 0 aromatic heterocycles. The van der Waals surface area contributed by atoms with Crippen LogP contribution in [0.2, 0.25) is 0 Å². The largest absolute Gasteiger partial charge is 0.513 e. The van der Waals surface area contributed by atoms with Crippen LogP contribution in [0.25, 0.3) is 0 Å². The summed E-state index contributed by atoms with van der Waals surface area (Å²) in [5.74, 6) is 1.61. The maximum Gasteiger partial charge on any atom is 0.513 e. The van der Waals surface area contributed by atoms with Gasteiger partial charge in [-0.3, -0.25) is 4.90 Å². The van der Waals surface area contributed by atoms with E-state index in [1.165, 1.54) is 24.0 Å². The van der Waals surface area contributed by atoms with Gasteiger partial charge in [-0.1, -0.05) is 26.8 Å². The number of benzene rings is 1. The Morgan fingerprint density at radius 3 is 2.63 bits per heavy atom. The number of piperidine rings is 1. The molecule has 0 radical (unpaired) electrons. The normalized spacial score (nSPS) is 37.7. The van der Waals surface area contributed by atoms with Crippen molar-refractivity contribution in [2.24, 2.45) is 22.7 Å². The first-order valence-electron chi connectivity index (χ1n) is 16.3. The Morgan fingerprint density at radius 2 is 1.95 bits per heavy atom. The van der Waals surface area contributed by atoms with E-state index >= 15 is 0 Å². The smallest absolute Gasteiger partial charge is 0.482 e. The summed E-state index contributed by atoms with van der Waals surface area (Å²) in [5, 5.41) is 31.1. The second-order valence-corrected chi connectivity index (χ2v) is 15.6. The van der Waals surface area contributed by atoms with Crippen LogP contribution in [-0.2, 0) is 21.3 Å². The Bertz CT molecular complexity index is 1290. The van der Waals surface area contributed by atoms with E-state index in [4.69, 9.17) is 24.1 Å². The van der Waals surface area contributed by atoms with Crippen molar-refractivity contribution in [3.8, 4) is 11.5 Å². The van der Waals surface area contributed by atoms with Gasteiger partial charge in [-0.05, 0) is 81.4 Å². The number of likely N-dealkylation sites (tertiary alicyclic amines) is 1.